The average molecular weight is 471 g/mol. The number of sulfone groups is 1. The summed E-state index contributed by atoms with van der Waals surface area (Å²) in [6, 6.07) is 10.8. The Morgan fingerprint density at radius 1 is 1.09 bits per heavy atom. The summed E-state index contributed by atoms with van der Waals surface area (Å²) in [6.45, 7) is 5.64. The van der Waals surface area contributed by atoms with Crippen LogP contribution in [-0.4, -0.2) is 36.9 Å². The Labute approximate surface area is 195 Å². The lowest BCUT2D eigenvalue weighted by Gasteiger charge is -2.32. The molecule has 1 saturated heterocycles. The minimum absolute atomic E-state index is 0.121. The van der Waals surface area contributed by atoms with Gasteiger partial charge in [-0.05, 0) is 72.2 Å². The summed E-state index contributed by atoms with van der Waals surface area (Å²) in [4.78, 5) is 14.5. The van der Waals surface area contributed by atoms with Gasteiger partial charge in [0.1, 0.15) is 5.82 Å². The molecule has 0 aliphatic carbocycles. The predicted molar refractivity (Wildman–Crippen MR) is 128 cm³/mol. The quantitative estimate of drug-likeness (QED) is 0.474. The molecule has 2 heterocycles. The zero-order valence-electron chi connectivity index (χ0n) is 19.4. The van der Waals surface area contributed by atoms with Crippen LogP contribution in [0.5, 0.6) is 0 Å². The van der Waals surface area contributed by atoms with E-state index in [4.69, 9.17) is 0 Å². The second-order valence-electron chi connectivity index (χ2n) is 9.51. The molecule has 1 aliphatic heterocycles. The molecule has 3 aromatic rings. The van der Waals surface area contributed by atoms with Crippen molar-refractivity contribution in [3.8, 4) is 0 Å². The number of carbonyl (C=O) groups excluding carboxylic acids is 1. The molecule has 1 fully saturated rings. The maximum absolute atomic E-state index is 13.2. The maximum atomic E-state index is 13.2. The highest BCUT2D eigenvalue weighted by atomic mass is 32.2. The van der Waals surface area contributed by atoms with E-state index in [-0.39, 0.29) is 16.6 Å². The van der Waals surface area contributed by atoms with Gasteiger partial charge in [-0.1, -0.05) is 19.9 Å². The fourth-order valence-corrected chi connectivity index (χ4v) is 6.08. The van der Waals surface area contributed by atoms with Crippen molar-refractivity contribution < 1.29 is 17.6 Å². The van der Waals surface area contributed by atoms with Crippen LogP contribution in [0.25, 0.3) is 10.9 Å². The van der Waals surface area contributed by atoms with Crippen molar-refractivity contribution >= 4 is 26.6 Å². The number of carbonyl (C=O) groups is 1. The number of aryl methyl sites for hydroxylation is 1. The molecule has 1 amide bonds. The van der Waals surface area contributed by atoms with Crippen LogP contribution in [-0.2, 0) is 27.4 Å². The SMILES string of the molecule is CC(C)CC(=O)N1CCC(c2cn(C)c3ccc(CS(=O)(=O)c4ccc(F)cc4)cc23)CC1. The van der Waals surface area contributed by atoms with Gasteiger partial charge in [0.25, 0.3) is 0 Å². The third-order valence-electron chi connectivity index (χ3n) is 6.48. The van der Waals surface area contributed by atoms with Gasteiger partial charge in [0.15, 0.2) is 9.84 Å². The first-order valence-corrected chi connectivity index (χ1v) is 13.1. The third-order valence-corrected chi connectivity index (χ3v) is 8.19. The number of hydrogen-bond acceptors (Lipinski definition) is 3. The maximum Gasteiger partial charge on any atom is 0.222 e. The summed E-state index contributed by atoms with van der Waals surface area (Å²) >= 11 is 0. The number of piperidine rings is 1. The lowest BCUT2D eigenvalue weighted by Crippen LogP contribution is -2.38. The van der Waals surface area contributed by atoms with Crippen molar-refractivity contribution in [1.29, 1.82) is 0 Å². The molecule has 1 aliphatic rings. The lowest BCUT2D eigenvalue weighted by molar-refractivity contribution is -0.133. The fourth-order valence-electron chi connectivity index (χ4n) is 4.75. The first-order chi connectivity index (χ1) is 15.6. The molecule has 2 aromatic carbocycles. The van der Waals surface area contributed by atoms with Gasteiger partial charge >= 0.3 is 0 Å². The summed E-state index contributed by atoms with van der Waals surface area (Å²) in [7, 11) is -1.57. The number of aromatic nitrogens is 1. The van der Waals surface area contributed by atoms with Gasteiger partial charge in [-0.2, -0.15) is 0 Å². The summed E-state index contributed by atoms with van der Waals surface area (Å²) in [5.41, 5.74) is 2.99. The highest BCUT2D eigenvalue weighted by molar-refractivity contribution is 7.90. The van der Waals surface area contributed by atoms with E-state index in [1.165, 1.54) is 29.8 Å². The minimum Gasteiger partial charge on any atom is -0.350 e. The predicted octanol–water partition coefficient (Wildman–Crippen LogP) is 5.04. The molecule has 7 heteroatoms. The largest absolute Gasteiger partial charge is 0.350 e. The Balaban J connectivity index is 1.55. The highest BCUT2D eigenvalue weighted by Gasteiger charge is 2.26. The second kappa shape index (κ2) is 9.29. The Hall–Kier alpha value is -2.67. The summed E-state index contributed by atoms with van der Waals surface area (Å²) in [5, 5.41) is 1.07. The van der Waals surface area contributed by atoms with Crippen molar-refractivity contribution in [3.05, 3.63) is 65.6 Å². The first kappa shape index (κ1) is 23.5. The van der Waals surface area contributed by atoms with Crippen molar-refractivity contribution in [2.75, 3.05) is 13.1 Å². The van der Waals surface area contributed by atoms with Gasteiger partial charge in [-0.3, -0.25) is 4.79 Å². The highest BCUT2D eigenvalue weighted by Crippen LogP contribution is 2.35. The summed E-state index contributed by atoms with van der Waals surface area (Å²) in [6.07, 6.45) is 4.53. The molecular weight excluding hydrogens is 439 g/mol. The topological polar surface area (TPSA) is 59.4 Å². The molecular formula is C26H31FN2O3S. The minimum atomic E-state index is -3.57. The van der Waals surface area contributed by atoms with Gasteiger partial charge in [-0.15, -0.1) is 0 Å². The van der Waals surface area contributed by atoms with E-state index in [2.05, 4.69) is 24.6 Å². The van der Waals surface area contributed by atoms with Crippen molar-refractivity contribution in [2.24, 2.45) is 13.0 Å². The van der Waals surface area contributed by atoms with E-state index >= 15 is 0 Å². The molecule has 33 heavy (non-hydrogen) atoms. The van der Waals surface area contributed by atoms with Gasteiger partial charge in [0.2, 0.25) is 5.91 Å². The van der Waals surface area contributed by atoms with E-state index < -0.39 is 15.7 Å². The molecule has 1 aromatic heterocycles. The van der Waals surface area contributed by atoms with Crippen molar-refractivity contribution in [1.82, 2.24) is 9.47 Å². The molecule has 0 unspecified atom stereocenters. The number of amides is 1. The fraction of sp³-hybridized carbons (Fsp3) is 0.423. The zero-order valence-corrected chi connectivity index (χ0v) is 20.2. The van der Waals surface area contributed by atoms with E-state index in [9.17, 15) is 17.6 Å². The van der Waals surface area contributed by atoms with Gasteiger partial charge in [-0.25, -0.2) is 12.8 Å². The van der Waals surface area contributed by atoms with Crippen LogP contribution >= 0.6 is 0 Å². The normalized spacial score (nSPS) is 15.5. The average Bonchev–Trinajstić information content (AvgIpc) is 3.09. The Morgan fingerprint density at radius 2 is 1.76 bits per heavy atom. The Kier molecular flexibility index (Phi) is 6.61. The molecule has 4 rings (SSSR count). The van der Waals surface area contributed by atoms with E-state index in [1.807, 2.05) is 30.1 Å². The molecule has 0 spiro atoms. The van der Waals surface area contributed by atoms with E-state index in [0.29, 0.717) is 23.8 Å². The van der Waals surface area contributed by atoms with Crippen LogP contribution in [0.15, 0.2) is 53.6 Å². The molecule has 0 bridgehead atoms. The molecule has 0 saturated carbocycles. The van der Waals surface area contributed by atoms with E-state index in [1.54, 1.807) is 0 Å². The van der Waals surface area contributed by atoms with Gasteiger partial charge in [0.05, 0.1) is 10.6 Å². The first-order valence-electron chi connectivity index (χ1n) is 11.5. The van der Waals surface area contributed by atoms with Crippen molar-refractivity contribution in [2.45, 2.75) is 49.7 Å². The number of likely N-dealkylation sites (tertiary alicyclic amines) is 1. The number of nitrogens with zero attached hydrogens (tertiary/aromatic N) is 2. The van der Waals surface area contributed by atoms with Crippen LogP contribution < -0.4 is 0 Å². The number of hydrogen-bond donors (Lipinski definition) is 0. The zero-order chi connectivity index (χ0) is 23.8. The number of rotatable bonds is 6. The van der Waals surface area contributed by atoms with Crippen LogP contribution in [0.2, 0.25) is 0 Å². The van der Waals surface area contributed by atoms with Crippen LogP contribution in [0.4, 0.5) is 4.39 Å². The summed E-state index contributed by atoms with van der Waals surface area (Å²) < 4.78 is 41.0. The van der Waals surface area contributed by atoms with Crippen LogP contribution in [0.1, 0.15) is 50.2 Å². The number of benzene rings is 2. The lowest BCUT2D eigenvalue weighted by atomic mass is 9.88. The smallest absolute Gasteiger partial charge is 0.222 e. The van der Waals surface area contributed by atoms with Gasteiger partial charge in [0, 0.05) is 43.7 Å². The van der Waals surface area contributed by atoms with Gasteiger partial charge < -0.3 is 9.47 Å². The molecule has 5 nitrogen and oxygen atoms in total. The monoisotopic (exact) mass is 470 g/mol. The van der Waals surface area contributed by atoms with Crippen LogP contribution in [0, 0.1) is 11.7 Å². The Bertz CT molecular complexity index is 1250. The Morgan fingerprint density at radius 3 is 2.39 bits per heavy atom. The number of halogens is 1. The summed E-state index contributed by atoms with van der Waals surface area (Å²) in [5.74, 6) is 0.333. The second-order valence-corrected chi connectivity index (χ2v) is 11.5. The third kappa shape index (κ3) is 5.13. The molecule has 176 valence electrons. The number of fused-ring (bicyclic) bond motifs is 1. The van der Waals surface area contributed by atoms with E-state index in [0.717, 1.165) is 36.8 Å². The molecule has 0 N–H and O–H groups in total. The molecule has 0 atom stereocenters. The van der Waals surface area contributed by atoms with Crippen molar-refractivity contribution in [3.63, 3.8) is 0 Å². The molecule has 0 radical (unpaired) electrons. The standard InChI is InChI=1S/C26H31FN2O3S/c1-18(2)14-26(30)29-12-10-20(11-13-29)24-16-28(3)25-9-4-19(15-23(24)25)17-33(31,32)22-7-5-21(27)6-8-22/h4-9,15-16,18,20H,10-14,17H2,1-3H3. The van der Waals surface area contributed by atoms with Crippen LogP contribution in [0.3, 0.4) is 0 Å².